The number of fused-ring (bicyclic) bond motifs is 1. The normalized spacial score (nSPS) is 17.3. The van der Waals surface area contributed by atoms with E-state index in [1.54, 1.807) is 6.07 Å². The molecule has 1 N–H and O–H groups in total. The first kappa shape index (κ1) is 22.3. The first-order valence-corrected chi connectivity index (χ1v) is 10.8. The average Bonchev–Trinajstić information content (AvgIpc) is 3.21. The Labute approximate surface area is 184 Å². The summed E-state index contributed by atoms with van der Waals surface area (Å²) in [5, 5.41) is 7.10. The molecule has 0 radical (unpaired) electrons. The van der Waals surface area contributed by atoms with Gasteiger partial charge in [-0.15, -0.1) is 0 Å². The number of alkyl halides is 3. The maximum atomic E-state index is 13.0. The molecule has 3 heterocycles. The Bertz CT molecular complexity index is 982. The summed E-state index contributed by atoms with van der Waals surface area (Å²) in [4.78, 5) is 29.1. The van der Waals surface area contributed by atoms with E-state index in [0.29, 0.717) is 25.2 Å². The maximum Gasteiger partial charge on any atom is 0.416 e. The van der Waals surface area contributed by atoms with Gasteiger partial charge in [0.15, 0.2) is 5.69 Å². The van der Waals surface area contributed by atoms with E-state index in [0.717, 1.165) is 31.8 Å². The zero-order valence-electron chi connectivity index (χ0n) is 17.7. The van der Waals surface area contributed by atoms with Gasteiger partial charge in [-0.05, 0) is 43.6 Å². The Kier molecular flexibility index (Phi) is 6.50. The molecule has 0 unspecified atom stereocenters. The van der Waals surface area contributed by atoms with Crippen molar-refractivity contribution in [3.8, 4) is 0 Å². The second-order valence-corrected chi connectivity index (χ2v) is 8.22. The number of aromatic nitrogens is 2. The molecule has 0 aliphatic carbocycles. The molecular weight excluding hydrogens is 423 g/mol. The van der Waals surface area contributed by atoms with E-state index in [1.807, 2.05) is 0 Å². The molecule has 0 spiro atoms. The Morgan fingerprint density at radius 2 is 1.84 bits per heavy atom. The molecule has 32 heavy (non-hydrogen) atoms. The van der Waals surface area contributed by atoms with Gasteiger partial charge < -0.3 is 15.1 Å². The van der Waals surface area contributed by atoms with Gasteiger partial charge in [-0.3, -0.25) is 14.3 Å². The van der Waals surface area contributed by atoms with Crippen LogP contribution < -0.4 is 5.32 Å². The highest BCUT2D eigenvalue weighted by atomic mass is 19.4. The molecule has 0 bridgehead atoms. The monoisotopic (exact) mass is 449 g/mol. The average molecular weight is 449 g/mol. The van der Waals surface area contributed by atoms with Crippen molar-refractivity contribution < 1.29 is 22.8 Å². The van der Waals surface area contributed by atoms with E-state index < -0.39 is 11.7 Å². The zero-order valence-corrected chi connectivity index (χ0v) is 17.7. The Morgan fingerprint density at radius 3 is 2.59 bits per heavy atom. The molecule has 1 fully saturated rings. The van der Waals surface area contributed by atoms with Crippen LogP contribution in [0.15, 0.2) is 30.3 Å². The number of hydrogen-bond donors (Lipinski definition) is 1. The van der Waals surface area contributed by atoms with Crippen LogP contribution in [0.4, 0.5) is 13.2 Å². The number of piperidine rings is 1. The number of hydrogen-bond acceptors (Lipinski definition) is 4. The van der Waals surface area contributed by atoms with Gasteiger partial charge in [0.1, 0.15) is 5.69 Å². The number of carbonyl (C=O) groups is 2. The van der Waals surface area contributed by atoms with Crippen molar-refractivity contribution in [2.45, 2.75) is 38.5 Å². The van der Waals surface area contributed by atoms with Crippen LogP contribution in [-0.4, -0.2) is 64.1 Å². The largest absolute Gasteiger partial charge is 0.416 e. The fourth-order valence-electron chi connectivity index (χ4n) is 4.17. The second kappa shape index (κ2) is 9.32. The van der Waals surface area contributed by atoms with Crippen LogP contribution in [0, 0.1) is 0 Å². The van der Waals surface area contributed by atoms with Gasteiger partial charge in [0.25, 0.3) is 11.8 Å². The van der Waals surface area contributed by atoms with E-state index in [9.17, 15) is 22.8 Å². The molecule has 172 valence electrons. The van der Waals surface area contributed by atoms with Crippen molar-refractivity contribution in [1.82, 2.24) is 24.9 Å². The maximum absolute atomic E-state index is 13.0. The van der Waals surface area contributed by atoms with E-state index in [1.165, 1.54) is 41.0 Å². The molecular formula is C22H26F3N5O2. The zero-order chi connectivity index (χ0) is 22.7. The highest BCUT2D eigenvalue weighted by Gasteiger charge is 2.31. The van der Waals surface area contributed by atoms with Crippen molar-refractivity contribution in [3.63, 3.8) is 0 Å². The van der Waals surface area contributed by atoms with Gasteiger partial charge in [-0.25, -0.2) is 0 Å². The summed E-state index contributed by atoms with van der Waals surface area (Å²) < 4.78 is 40.4. The van der Waals surface area contributed by atoms with Crippen molar-refractivity contribution in [2.75, 3.05) is 32.7 Å². The number of likely N-dealkylation sites (tertiary alicyclic amines) is 1. The number of halogens is 3. The van der Waals surface area contributed by atoms with Crippen LogP contribution in [0.1, 0.15) is 51.4 Å². The molecule has 1 aromatic carbocycles. The summed E-state index contributed by atoms with van der Waals surface area (Å²) in [7, 11) is 0. The van der Waals surface area contributed by atoms with Crippen molar-refractivity contribution in [2.24, 2.45) is 0 Å². The summed E-state index contributed by atoms with van der Waals surface area (Å²) in [6, 6.07) is 6.42. The van der Waals surface area contributed by atoms with Crippen LogP contribution in [0.2, 0.25) is 0 Å². The smallest absolute Gasteiger partial charge is 0.349 e. The lowest BCUT2D eigenvalue weighted by Crippen LogP contribution is -2.39. The Balaban J connectivity index is 1.37. The minimum absolute atomic E-state index is 0.0608. The van der Waals surface area contributed by atoms with Gasteiger partial charge in [0.2, 0.25) is 0 Å². The number of nitrogens with one attached hydrogen (secondary N) is 1. The highest BCUT2D eigenvalue weighted by Crippen LogP contribution is 2.30. The van der Waals surface area contributed by atoms with Gasteiger partial charge in [0, 0.05) is 32.2 Å². The van der Waals surface area contributed by atoms with Gasteiger partial charge in [-0.1, -0.05) is 18.6 Å². The molecule has 0 atom stereocenters. The van der Waals surface area contributed by atoms with E-state index >= 15 is 0 Å². The van der Waals surface area contributed by atoms with E-state index in [2.05, 4.69) is 15.3 Å². The number of nitrogens with zero attached hydrogens (tertiary/aromatic N) is 4. The standard InChI is InChI=1S/C22H26F3N5O2/c23-22(24,25)17-6-4-5-16(13-17)15-29-11-12-30-19(21(29)32)14-18(27-30)20(31)26-7-10-28-8-2-1-3-9-28/h4-6,13-14H,1-3,7-12,15H2,(H,26,31). The molecule has 0 saturated carbocycles. The Morgan fingerprint density at radius 1 is 1.06 bits per heavy atom. The summed E-state index contributed by atoms with van der Waals surface area (Å²) in [6.07, 6.45) is -0.819. The van der Waals surface area contributed by atoms with E-state index in [-0.39, 0.29) is 29.7 Å². The topological polar surface area (TPSA) is 70.5 Å². The highest BCUT2D eigenvalue weighted by molar-refractivity contribution is 5.98. The number of carbonyl (C=O) groups excluding carboxylic acids is 2. The van der Waals surface area contributed by atoms with Crippen LogP contribution in [0.5, 0.6) is 0 Å². The quantitative estimate of drug-likeness (QED) is 0.737. The minimum atomic E-state index is -4.43. The lowest BCUT2D eigenvalue weighted by Gasteiger charge is -2.27. The number of rotatable bonds is 6. The second-order valence-electron chi connectivity index (χ2n) is 8.22. The fourth-order valence-corrected chi connectivity index (χ4v) is 4.17. The van der Waals surface area contributed by atoms with Crippen molar-refractivity contribution >= 4 is 11.8 Å². The SMILES string of the molecule is O=C(NCCN1CCCCC1)c1cc2n(n1)CCN(Cc1cccc(C(F)(F)F)c1)C2=O. The van der Waals surface area contributed by atoms with Crippen LogP contribution in [-0.2, 0) is 19.3 Å². The Hall–Kier alpha value is -2.88. The van der Waals surface area contributed by atoms with Gasteiger partial charge >= 0.3 is 6.18 Å². The summed E-state index contributed by atoms with van der Waals surface area (Å²) in [5.74, 6) is -0.685. The van der Waals surface area contributed by atoms with Crippen molar-refractivity contribution in [3.05, 3.63) is 52.8 Å². The third-order valence-corrected chi connectivity index (χ3v) is 5.89. The molecule has 2 aliphatic heterocycles. The molecule has 7 nitrogen and oxygen atoms in total. The minimum Gasteiger partial charge on any atom is -0.349 e. The van der Waals surface area contributed by atoms with Crippen LogP contribution in [0.3, 0.4) is 0 Å². The van der Waals surface area contributed by atoms with Crippen LogP contribution in [0.25, 0.3) is 0 Å². The molecule has 2 aromatic rings. The third kappa shape index (κ3) is 5.12. The lowest BCUT2D eigenvalue weighted by atomic mass is 10.1. The third-order valence-electron chi connectivity index (χ3n) is 5.89. The van der Waals surface area contributed by atoms with Crippen LogP contribution >= 0.6 is 0 Å². The van der Waals surface area contributed by atoms with E-state index in [4.69, 9.17) is 0 Å². The molecule has 1 saturated heterocycles. The predicted molar refractivity (Wildman–Crippen MR) is 111 cm³/mol. The first-order chi connectivity index (χ1) is 15.3. The predicted octanol–water partition coefficient (Wildman–Crippen LogP) is 2.77. The number of amides is 2. The molecule has 1 aromatic heterocycles. The summed E-state index contributed by atoms with van der Waals surface area (Å²) in [6.45, 7) is 4.13. The molecule has 10 heteroatoms. The summed E-state index contributed by atoms with van der Waals surface area (Å²) in [5.41, 5.74) is 0.0992. The molecule has 2 aliphatic rings. The lowest BCUT2D eigenvalue weighted by molar-refractivity contribution is -0.137. The van der Waals surface area contributed by atoms with Crippen molar-refractivity contribution in [1.29, 1.82) is 0 Å². The van der Waals surface area contributed by atoms with Gasteiger partial charge in [-0.2, -0.15) is 18.3 Å². The van der Waals surface area contributed by atoms with Gasteiger partial charge in [0.05, 0.1) is 12.1 Å². The number of benzene rings is 1. The molecule has 2 amide bonds. The fraction of sp³-hybridized carbons (Fsp3) is 0.500. The first-order valence-electron chi connectivity index (χ1n) is 10.8. The molecule has 4 rings (SSSR count). The summed E-state index contributed by atoms with van der Waals surface area (Å²) >= 11 is 0.